The van der Waals surface area contributed by atoms with Crippen LogP contribution in [0, 0.1) is 5.92 Å². The molecule has 0 saturated carbocycles. The maximum atomic E-state index is 12.8. The van der Waals surface area contributed by atoms with E-state index in [0.29, 0.717) is 18.0 Å². The number of carbonyl (C=O) groups excluding carboxylic acids is 2. The zero-order chi connectivity index (χ0) is 18.2. The molecule has 1 aromatic rings. The molecule has 0 spiro atoms. The fourth-order valence-corrected chi connectivity index (χ4v) is 3.41. The number of alkyl halides is 3. The molecule has 2 unspecified atom stereocenters. The van der Waals surface area contributed by atoms with Gasteiger partial charge in [-0.2, -0.15) is 13.2 Å². The van der Waals surface area contributed by atoms with Crippen LogP contribution in [0.15, 0.2) is 18.2 Å². The summed E-state index contributed by atoms with van der Waals surface area (Å²) in [5, 5.41) is 1.94. The van der Waals surface area contributed by atoms with Crippen LogP contribution < -0.4 is 15.0 Å². The number of halogens is 3. The first kappa shape index (κ1) is 17.6. The molecule has 2 aliphatic rings. The topological polar surface area (TPSA) is 58.6 Å². The zero-order valence-corrected chi connectivity index (χ0v) is 13.7. The van der Waals surface area contributed by atoms with E-state index in [-0.39, 0.29) is 12.8 Å². The van der Waals surface area contributed by atoms with E-state index in [4.69, 9.17) is 4.74 Å². The Bertz CT molecular complexity index is 690. The number of hydrogen-bond acceptors (Lipinski definition) is 3. The van der Waals surface area contributed by atoms with Crippen molar-refractivity contribution in [1.29, 1.82) is 0 Å². The molecule has 1 aromatic carbocycles. The second-order valence-electron chi connectivity index (χ2n) is 6.32. The molecule has 3 rings (SSSR count). The predicted octanol–water partition coefficient (Wildman–Crippen LogP) is 2.43. The summed E-state index contributed by atoms with van der Waals surface area (Å²) in [6.07, 6.45) is -3.36. The second kappa shape index (κ2) is 6.57. The van der Waals surface area contributed by atoms with Crippen LogP contribution in [0.5, 0.6) is 5.75 Å². The Morgan fingerprint density at radius 1 is 1.32 bits per heavy atom. The number of ether oxygens (including phenoxy) is 1. The smallest absolute Gasteiger partial charge is 0.408 e. The maximum Gasteiger partial charge on any atom is 0.408 e. The van der Waals surface area contributed by atoms with E-state index in [9.17, 15) is 22.8 Å². The van der Waals surface area contributed by atoms with Gasteiger partial charge in [0.15, 0.2) is 0 Å². The number of nitrogens with one attached hydrogen (secondary N) is 1. The van der Waals surface area contributed by atoms with E-state index in [1.165, 1.54) is 4.90 Å². The molecule has 2 amide bonds. The van der Waals surface area contributed by atoms with Gasteiger partial charge >= 0.3 is 6.18 Å². The van der Waals surface area contributed by atoms with Crippen molar-refractivity contribution in [3.8, 4) is 5.75 Å². The largest absolute Gasteiger partial charge is 0.497 e. The Kier molecular flexibility index (Phi) is 4.62. The Morgan fingerprint density at radius 3 is 2.72 bits per heavy atom. The van der Waals surface area contributed by atoms with E-state index in [1.807, 2.05) is 11.4 Å². The van der Waals surface area contributed by atoms with Gasteiger partial charge in [-0.3, -0.25) is 9.59 Å². The number of aryl methyl sites for hydroxylation is 1. The Labute approximate surface area is 143 Å². The third-order valence-corrected chi connectivity index (χ3v) is 4.74. The first-order valence-electron chi connectivity index (χ1n) is 8.16. The predicted molar refractivity (Wildman–Crippen MR) is 84.4 cm³/mol. The van der Waals surface area contributed by atoms with Crippen molar-refractivity contribution in [3.05, 3.63) is 23.8 Å². The highest BCUT2D eigenvalue weighted by molar-refractivity contribution is 6.08. The molecule has 2 heterocycles. The molecule has 0 aromatic heterocycles. The molecule has 0 bridgehead atoms. The molecule has 1 saturated heterocycles. The fourth-order valence-electron chi connectivity index (χ4n) is 3.41. The first-order valence-corrected chi connectivity index (χ1v) is 8.16. The quantitative estimate of drug-likeness (QED) is 0.828. The number of rotatable bonds is 2. The van der Waals surface area contributed by atoms with Crippen molar-refractivity contribution < 1.29 is 27.5 Å². The minimum atomic E-state index is -4.49. The van der Waals surface area contributed by atoms with Crippen molar-refractivity contribution in [1.82, 2.24) is 5.32 Å². The van der Waals surface area contributed by atoms with Crippen LogP contribution in [0.1, 0.15) is 24.8 Å². The molecule has 8 heteroatoms. The summed E-state index contributed by atoms with van der Waals surface area (Å²) >= 11 is 0. The average Bonchev–Trinajstić information content (AvgIpc) is 2.59. The van der Waals surface area contributed by atoms with Crippen molar-refractivity contribution in [2.24, 2.45) is 5.92 Å². The van der Waals surface area contributed by atoms with Crippen LogP contribution in [0.2, 0.25) is 0 Å². The van der Waals surface area contributed by atoms with Gasteiger partial charge in [0.2, 0.25) is 11.8 Å². The van der Waals surface area contributed by atoms with Gasteiger partial charge in [0.1, 0.15) is 17.7 Å². The van der Waals surface area contributed by atoms with Crippen LogP contribution in [-0.4, -0.2) is 37.7 Å². The molecule has 0 aliphatic carbocycles. The van der Waals surface area contributed by atoms with E-state index in [1.54, 1.807) is 19.2 Å². The molecule has 2 aliphatic heterocycles. The molecule has 136 valence electrons. The van der Waals surface area contributed by atoms with Gasteiger partial charge in [-0.25, -0.2) is 0 Å². The summed E-state index contributed by atoms with van der Waals surface area (Å²) in [4.78, 5) is 26.4. The minimum absolute atomic E-state index is 0.100. The number of methoxy groups -OCH3 is 1. The van der Waals surface area contributed by atoms with E-state index >= 15 is 0 Å². The maximum absolute atomic E-state index is 12.8. The van der Waals surface area contributed by atoms with Crippen molar-refractivity contribution in [2.45, 2.75) is 37.9 Å². The van der Waals surface area contributed by atoms with Crippen LogP contribution in [0.25, 0.3) is 0 Å². The van der Waals surface area contributed by atoms with Crippen molar-refractivity contribution >= 4 is 17.5 Å². The lowest BCUT2D eigenvalue weighted by atomic mass is 9.91. The number of benzene rings is 1. The van der Waals surface area contributed by atoms with Gasteiger partial charge in [-0.15, -0.1) is 0 Å². The van der Waals surface area contributed by atoms with Crippen LogP contribution in [-0.2, 0) is 16.0 Å². The molecule has 2 atom stereocenters. The van der Waals surface area contributed by atoms with E-state index < -0.39 is 30.0 Å². The summed E-state index contributed by atoms with van der Waals surface area (Å²) in [6.45, 7) is 0.449. The van der Waals surface area contributed by atoms with Gasteiger partial charge in [-0.1, -0.05) is 0 Å². The molecular weight excluding hydrogens is 337 g/mol. The second-order valence-corrected chi connectivity index (χ2v) is 6.32. The minimum Gasteiger partial charge on any atom is -0.497 e. The summed E-state index contributed by atoms with van der Waals surface area (Å²) in [5.41, 5.74) is 1.63. The van der Waals surface area contributed by atoms with Crippen molar-refractivity contribution in [3.63, 3.8) is 0 Å². The lowest BCUT2D eigenvalue weighted by Crippen LogP contribution is -2.55. The van der Waals surface area contributed by atoms with Crippen LogP contribution in [0.4, 0.5) is 18.9 Å². The molecular formula is C17H19F3N2O3. The van der Waals surface area contributed by atoms with Crippen LogP contribution in [0.3, 0.4) is 0 Å². The normalized spacial score (nSPS) is 23.7. The Morgan fingerprint density at radius 2 is 2.08 bits per heavy atom. The van der Waals surface area contributed by atoms with Gasteiger partial charge in [0.25, 0.3) is 0 Å². The molecule has 5 nitrogen and oxygen atoms in total. The van der Waals surface area contributed by atoms with Gasteiger partial charge in [-0.05, 0) is 49.4 Å². The highest BCUT2D eigenvalue weighted by atomic mass is 19.4. The van der Waals surface area contributed by atoms with E-state index in [2.05, 4.69) is 0 Å². The molecule has 25 heavy (non-hydrogen) atoms. The number of hydrogen-bond donors (Lipinski definition) is 1. The fraction of sp³-hybridized carbons (Fsp3) is 0.529. The van der Waals surface area contributed by atoms with E-state index in [0.717, 1.165) is 18.4 Å². The highest BCUT2D eigenvalue weighted by Crippen LogP contribution is 2.34. The number of fused-ring (bicyclic) bond motifs is 1. The third kappa shape index (κ3) is 3.43. The van der Waals surface area contributed by atoms with Gasteiger partial charge < -0.3 is 15.0 Å². The summed E-state index contributed by atoms with van der Waals surface area (Å²) in [6, 6.07) is 3.45. The summed E-state index contributed by atoms with van der Waals surface area (Å²) in [7, 11) is 1.55. The molecule has 0 radical (unpaired) electrons. The number of amides is 2. The summed E-state index contributed by atoms with van der Waals surface area (Å²) < 4.78 is 43.4. The third-order valence-electron chi connectivity index (χ3n) is 4.74. The molecule has 1 N–H and O–H groups in total. The standard InChI is InChI=1S/C17H19F3N2O3/c1-25-11-4-6-13-10(9-11)3-2-8-22(13)16(24)12-5-7-14(17(18,19)20)21-15(12)23/h4,6,9,12,14H,2-3,5,7-8H2,1H3,(H,21,23). The zero-order valence-electron chi connectivity index (χ0n) is 13.7. The summed E-state index contributed by atoms with van der Waals surface area (Å²) in [5.74, 6) is -1.69. The number of anilines is 1. The first-order chi connectivity index (χ1) is 11.8. The number of piperidine rings is 1. The van der Waals surface area contributed by atoms with Crippen LogP contribution >= 0.6 is 0 Å². The highest BCUT2D eigenvalue weighted by Gasteiger charge is 2.46. The number of nitrogens with zero attached hydrogens (tertiary/aromatic N) is 1. The van der Waals surface area contributed by atoms with Gasteiger partial charge in [0, 0.05) is 12.2 Å². The van der Waals surface area contributed by atoms with Crippen molar-refractivity contribution in [2.75, 3.05) is 18.6 Å². The lowest BCUT2D eigenvalue weighted by Gasteiger charge is -2.35. The van der Waals surface area contributed by atoms with Gasteiger partial charge in [0.05, 0.1) is 7.11 Å². The Hall–Kier alpha value is -2.25. The SMILES string of the molecule is COc1ccc2c(c1)CCCN2C(=O)C1CCC(C(F)(F)F)NC1=O. The lowest BCUT2D eigenvalue weighted by molar-refractivity contribution is -0.171. The monoisotopic (exact) mass is 356 g/mol. The number of carbonyl (C=O) groups is 2. The average molecular weight is 356 g/mol. The molecule has 1 fully saturated rings. The Balaban J connectivity index is 1.78.